The number of halogens is 1. The van der Waals surface area contributed by atoms with Gasteiger partial charge in [0.15, 0.2) is 0 Å². The Bertz CT molecular complexity index is 1370. The minimum atomic E-state index is -0.379. The van der Waals surface area contributed by atoms with Crippen LogP contribution in [-0.4, -0.2) is 38.8 Å². The molecule has 1 aliphatic carbocycles. The summed E-state index contributed by atoms with van der Waals surface area (Å²) in [5, 5.41) is 18.1. The number of hydrogen-bond acceptors (Lipinski definition) is 5. The van der Waals surface area contributed by atoms with Gasteiger partial charge in [-0.1, -0.05) is 29.8 Å². The Balaban J connectivity index is 1.22. The minimum absolute atomic E-state index is 0.0268. The Morgan fingerprint density at radius 3 is 2.71 bits per heavy atom. The maximum Gasteiger partial charge on any atom is 0.318 e. The van der Waals surface area contributed by atoms with Gasteiger partial charge in [-0.25, -0.2) is 9.78 Å². The van der Waals surface area contributed by atoms with Gasteiger partial charge in [-0.2, -0.15) is 10.4 Å². The van der Waals surface area contributed by atoms with E-state index in [9.17, 15) is 10.1 Å². The average molecular weight is 488 g/mol. The van der Waals surface area contributed by atoms with Crippen molar-refractivity contribution < 1.29 is 4.79 Å². The lowest BCUT2D eigenvalue weighted by Crippen LogP contribution is -2.55. The molecule has 2 aliphatic heterocycles. The molecule has 178 valence electrons. The number of nitriles is 1. The fourth-order valence-electron chi connectivity index (χ4n) is 5.89. The SMILES string of the molecule is N#Cc1cc(-c2cc3n(n2)CC[C@@]32CCN(C(=O)NC3(c4ccccc4Cl)CCC3)C2)cnc1N. The number of carbonyl (C=O) groups excluding carboxylic acids is 1. The number of likely N-dealkylation sites (tertiary alicyclic amines) is 1. The number of benzene rings is 1. The molecule has 1 saturated carbocycles. The number of amides is 2. The zero-order valence-electron chi connectivity index (χ0n) is 19.3. The predicted molar refractivity (Wildman–Crippen MR) is 133 cm³/mol. The first-order chi connectivity index (χ1) is 16.9. The molecule has 1 aromatic carbocycles. The fourth-order valence-corrected chi connectivity index (χ4v) is 6.21. The van der Waals surface area contributed by atoms with Gasteiger partial charge in [-0.3, -0.25) is 4.68 Å². The molecule has 1 saturated heterocycles. The summed E-state index contributed by atoms with van der Waals surface area (Å²) in [5.41, 5.74) is 9.33. The van der Waals surface area contributed by atoms with E-state index in [4.69, 9.17) is 22.4 Å². The Labute approximate surface area is 208 Å². The third-order valence-corrected chi connectivity index (χ3v) is 8.37. The van der Waals surface area contributed by atoms with E-state index in [0.29, 0.717) is 23.7 Å². The van der Waals surface area contributed by atoms with Crippen molar-refractivity contribution in [1.29, 1.82) is 5.26 Å². The maximum absolute atomic E-state index is 13.4. The van der Waals surface area contributed by atoms with Crippen LogP contribution < -0.4 is 11.1 Å². The number of aromatic nitrogens is 3. The highest BCUT2D eigenvalue weighted by atomic mass is 35.5. The van der Waals surface area contributed by atoms with Crippen molar-refractivity contribution in [1.82, 2.24) is 25.0 Å². The Morgan fingerprint density at radius 2 is 1.97 bits per heavy atom. The van der Waals surface area contributed by atoms with Crippen LogP contribution in [0, 0.1) is 11.3 Å². The number of anilines is 1. The molecule has 1 spiro atoms. The number of fused-ring (bicyclic) bond motifs is 2. The van der Waals surface area contributed by atoms with Crippen molar-refractivity contribution in [3.8, 4) is 17.3 Å². The van der Waals surface area contributed by atoms with Crippen LogP contribution in [0.1, 0.15) is 48.9 Å². The van der Waals surface area contributed by atoms with Gasteiger partial charge >= 0.3 is 6.03 Å². The van der Waals surface area contributed by atoms with E-state index in [2.05, 4.69) is 22.4 Å². The van der Waals surface area contributed by atoms with Crippen LogP contribution in [0.25, 0.3) is 11.3 Å². The lowest BCUT2D eigenvalue weighted by Gasteiger charge is -2.44. The van der Waals surface area contributed by atoms with E-state index >= 15 is 0 Å². The van der Waals surface area contributed by atoms with Gasteiger partial charge in [0.05, 0.1) is 16.8 Å². The van der Waals surface area contributed by atoms with Crippen LogP contribution in [0.2, 0.25) is 5.02 Å². The van der Waals surface area contributed by atoms with Crippen LogP contribution >= 0.6 is 11.6 Å². The van der Waals surface area contributed by atoms with Crippen molar-refractivity contribution in [2.24, 2.45) is 0 Å². The number of carbonyl (C=O) groups is 1. The zero-order valence-corrected chi connectivity index (χ0v) is 20.1. The van der Waals surface area contributed by atoms with E-state index in [1.54, 1.807) is 12.3 Å². The molecule has 3 N–H and O–H groups in total. The highest BCUT2D eigenvalue weighted by Gasteiger charge is 2.49. The van der Waals surface area contributed by atoms with E-state index in [1.807, 2.05) is 33.8 Å². The quantitative estimate of drug-likeness (QED) is 0.575. The second-order valence-corrected chi connectivity index (χ2v) is 10.4. The summed E-state index contributed by atoms with van der Waals surface area (Å²) < 4.78 is 2.04. The molecular weight excluding hydrogens is 462 g/mol. The van der Waals surface area contributed by atoms with Gasteiger partial charge in [0.25, 0.3) is 0 Å². The van der Waals surface area contributed by atoms with Gasteiger partial charge in [-0.15, -0.1) is 0 Å². The first-order valence-corrected chi connectivity index (χ1v) is 12.4. The molecule has 3 aromatic rings. The Hall–Kier alpha value is -3.57. The first kappa shape index (κ1) is 21.9. The number of hydrogen-bond donors (Lipinski definition) is 2. The fraction of sp³-hybridized carbons (Fsp3) is 0.385. The standard InChI is InChI=1S/C26H26ClN7O/c27-20-5-2-1-4-19(20)26(6-3-7-26)31-24(35)33-10-8-25(16-33)9-11-34-22(25)13-21(32-34)18-12-17(14-28)23(29)30-15-18/h1-2,4-5,12-13,15H,3,6-11,16H2,(H2,29,30)(H,31,35)/t25-/m1/s1. The third kappa shape index (κ3) is 3.45. The molecule has 35 heavy (non-hydrogen) atoms. The number of aryl methyl sites for hydroxylation is 1. The number of rotatable bonds is 3. The molecule has 2 amide bonds. The normalized spacial score (nSPS) is 22.0. The Morgan fingerprint density at radius 1 is 1.17 bits per heavy atom. The summed E-state index contributed by atoms with van der Waals surface area (Å²) in [6, 6.07) is 13.7. The monoisotopic (exact) mass is 487 g/mol. The number of pyridine rings is 1. The molecule has 0 radical (unpaired) electrons. The van der Waals surface area contributed by atoms with Gasteiger partial charge in [0, 0.05) is 47.5 Å². The van der Waals surface area contributed by atoms with Crippen LogP contribution in [0.5, 0.6) is 0 Å². The molecule has 2 aromatic heterocycles. The summed E-state index contributed by atoms with van der Waals surface area (Å²) in [7, 11) is 0. The summed E-state index contributed by atoms with van der Waals surface area (Å²) in [6.07, 6.45) is 6.38. The molecule has 1 atom stereocenters. The van der Waals surface area contributed by atoms with E-state index in [0.717, 1.165) is 61.2 Å². The average Bonchev–Trinajstić information content (AvgIpc) is 3.54. The molecule has 2 fully saturated rings. The van der Waals surface area contributed by atoms with Crippen LogP contribution in [0.3, 0.4) is 0 Å². The molecule has 4 heterocycles. The summed E-state index contributed by atoms with van der Waals surface area (Å²) in [6.45, 7) is 2.17. The molecule has 3 aliphatic rings. The van der Waals surface area contributed by atoms with Crippen LogP contribution in [0.15, 0.2) is 42.6 Å². The lowest BCUT2D eigenvalue weighted by molar-refractivity contribution is 0.154. The highest BCUT2D eigenvalue weighted by molar-refractivity contribution is 6.31. The number of nitrogens with two attached hydrogens (primary N) is 1. The number of nitrogens with zero attached hydrogens (tertiary/aromatic N) is 5. The van der Waals surface area contributed by atoms with Gasteiger partial charge in [0.2, 0.25) is 0 Å². The van der Waals surface area contributed by atoms with E-state index in [1.165, 1.54) is 0 Å². The van der Waals surface area contributed by atoms with Crippen molar-refractivity contribution in [3.63, 3.8) is 0 Å². The smallest absolute Gasteiger partial charge is 0.318 e. The molecule has 0 unspecified atom stereocenters. The summed E-state index contributed by atoms with van der Waals surface area (Å²) in [5.74, 6) is 0.220. The molecule has 0 bridgehead atoms. The van der Waals surface area contributed by atoms with Crippen molar-refractivity contribution >= 4 is 23.4 Å². The number of nitrogens with one attached hydrogen (secondary N) is 1. The Kier molecular flexibility index (Phi) is 5.01. The largest absolute Gasteiger partial charge is 0.383 e. The molecule has 6 rings (SSSR count). The molecule has 8 nitrogen and oxygen atoms in total. The summed E-state index contributed by atoms with van der Waals surface area (Å²) in [4.78, 5) is 19.5. The third-order valence-electron chi connectivity index (χ3n) is 8.04. The van der Waals surface area contributed by atoms with Gasteiger partial charge < -0.3 is 16.0 Å². The first-order valence-electron chi connectivity index (χ1n) is 12.0. The second kappa shape index (κ2) is 7.99. The molecule has 9 heteroatoms. The topological polar surface area (TPSA) is 113 Å². The number of nitrogen functional groups attached to an aromatic ring is 1. The lowest BCUT2D eigenvalue weighted by atomic mass is 9.72. The highest BCUT2D eigenvalue weighted by Crippen LogP contribution is 2.46. The van der Waals surface area contributed by atoms with E-state index < -0.39 is 0 Å². The van der Waals surface area contributed by atoms with Crippen LogP contribution in [0.4, 0.5) is 10.6 Å². The molecular formula is C26H26ClN7O. The second-order valence-electron chi connectivity index (χ2n) is 9.95. The maximum atomic E-state index is 13.4. The summed E-state index contributed by atoms with van der Waals surface area (Å²) >= 11 is 6.50. The number of urea groups is 1. The van der Waals surface area contributed by atoms with Crippen molar-refractivity contribution in [2.45, 2.75) is 49.6 Å². The van der Waals surface area contributed by atoms with Gasteiger partial charge in [-0.05, 0) is 55.9 Å². The van der Waals surface area contributed by atoms with E-state index in [-0.39, 0.29) is 22.8 Å². The van der Waals surface area contributed by atoms with Crippen molar-refractivity contribution in [2.75, 3.05) is 18.8 Å². The van der Waals surface area contributed by atoms with Gasteiger partial charge in [0.1, 0.15) is 11.9 Å². The van der Waals surface area contributed by atoms with Crippen molar-refractivity contribution in [3.05, 3.63) is 64.4 Å². The predicted octanol–water partition coefficient (Wildman–Crippen LogP) is 4.19. The minimum Gasteiger partial charge on any atom is -0.383 e. The zero-order chi connectivity index (χ0) is 24.2. The van der Waals surface area contributed by atoms with Crippen LogP contribution in [-0.2, 0) is 17.5 Å².